The Labute approximate surface area is 195 Å². The van der Waals surface area contributed by atoms with E-state index in [2.05, 4.69) is 35.3 Å². The van der Waals surface area contributed by atoms with Crippen LogP contribution in [0.5, 0.6) is 5.75 Å². The Kier molecular flexibility index (Phi) is 7.53. The van der Waals surface area contributed by atoms with Gasteiger partial charge in [-0.05, 0) is 60.7 Å². The Morgan fingerprint density at radius 2 is 2.06 bits per heavy atom. The summed E-state index contributed by atoms with van der Waals surface area (Å²) in [6, 6.07) is 13.1. The SMILES string of the molecule is CO[C@@H](C(=O)Nc1ccc(N2CC[C@@H](Cc3cccnn3)C2)nn1)c1cccc(OC(F)F)c1. The fourth-order valence-corrected chi connectivity index (χ4v) is 3.95. The number of alkyl halides is 2. The van der Waals surface area contributed by atoms with Gasteiger partial charge in [0.2, 0.25) is 0 Å². The van der Waals surface area contributed by atoms with Crippen LogP contribution in [0.4, 0.5) is 20.4 Å². The predicted molar refractivity (Wildman–Crippen MR) is 120 cm³/mol. The highest BCUT2D eigenvalue weighted by atomic mass is 19.3. The largest absolute Gasteiger partial charge is 0.435 e. The van der Waals surface area contributed by atoms with Crippen LogP contribution in [-0.4, -0.2) is 53.1 Å². The minimum Gasteiger partial charge on any atom is -0.435 e. The van der Waals surface area contributed by atoms with Gasteiger partial charge in [0.05, 0.1) is 5.69 Å². The molecule has 0 radical (unpaired) electrons. The third-order valence-electron chi connectivity index (χ3n) is 5.50. The standard InChI is InChI=1S/C23H24F2N6O3/c1-33-21(16-4-2-6-18(13-16)34-23(24)25)22(32)27-19-7-8-20(30-29-19)31-11-9-15(14-31)12-17-5-3-10-26-28-17/h2-8,10,13,15,21,23H,9,11-12,14H2,1H3,(H,27,29,32)/t15-,21+/m0/s1. The molecule has 3 heterocycles. The summed E-state index contributed by atoms with van der Waals surface area (Å²) in [6.07, 6.45) is 2.49. The number of nitrogens with one attached hydrogen (secondary N) is 1. The Morgan fingerprint density at radius 1 is 1.18 bits per heavy atom. The van der Waals surface area contributed by atoms with E-state index in [0.717, 1.165) is 37.4 Å². The molecular formula is C23H24F2N6O3. The Morgan fingerprint density at radius 3 is 2.76 bits per heavy atom. The van der Waals surface area contributed by atoms with Gasteiger partial charge in [0.15, 0.2) is 17.7 Å². The second-order valence-corrected chi connectivity index (χ2v) is 7.85. The summed E-state index contributed by atoms with van der Waals surface area (Å²) in [5, 5.41) is 19.1. The summed E-state index contributed by atoms with van der Waals surface area (Å²) in [4.78, 5) is 14.9. The van der Waals surface area contributed by atoms with Crippen LogP contribution in [0, 0.1) is 5.92 Å². The quantitative estimate of drug-likeness (QED) is 0.509. The normalized spacial score (nSPS) is 16.5. The monoisotopic (exact) mass is 470 g/mol. The first-order chi connectivity index (χ1) is 16.5. The zero-order valence-electron chi connectivity index (χ0n) is 18.5. The molecule has 9 nitrogen and oxygen atoms in total. The molecule has 0 unspecified atom stereocenters. The lowest BCUT2D eigenvalue weighted by atomic mass is 10.0. The van der Waals surface area contributed by atoms with Gasteiger partial charge in [-0.3, -0.25) is 4.79 Å². The third-order valence-corrected chi connectivity index (χ3v) is 5.50. The topological polar surface area (TPSA) is 102 Å². The maximum atomic E-state index is 12.7. The molecule has 0 saturated carbocycles. The van der Waals surface area contributed by atoms with Crippen molar-refractivity contribution in [1.29, 1.82) is 0 Å². The number of carbonyl (C=O) groups is 1. The molecule has 1 fully saturated rings. The van der Waals surface area contributed by atoms with Gasteiger partial charge in [-0.1, -0.05) is 12.1 Å². The summed E-state index contributed by atoms with van der Waals surface area (Å²) in [7, 11) is 1.35. The van der Waals surface area contributed by atoms with Crippen molar-refractivity contribution in [1.82, 2.24) is 20.4 Å². The average Bonchev–Trinajstić information content (AvgIpc) is 3.29. The van der Waals surface area contributed by atoms with Crippen molar-refractivity contribution in [2.45, 2.75) is 25.6 Å². The summed E-state index contributed by atoms with van der Waals surface area (Å²) >= 11 is 0. The van der Waals surface area contributed by atoms with Gasteiger partial charge in [-0.15, -0.1) is 10.2 Å². The Bertz CT molecular complexity index is 1090. The molecular weight excluding hydrogens is 446 g/mol. The molecule has 34 heavy (non-hydrogen) atoms. The highest BCUT2D eigenvalue weighted by Crippen LogP contribution is 2.26. The van der Waals surface area contributed by atoms with E-state index in [0.29, 0.717) is 11.5 Å². The number of carbonyl (C=O) groups excluding carboxylic acids is 1. The molecule has 1 aliphatic rings. The van der Waals surface area contributed by atoms with E-state index in [1.807, 2.05) is 12.1 Å². The van der Waals surface area contributed by atoms with Crippen molar-refractivity contribution >= 4 is 17.5 Å². The Hall–Kier alpha value is -3.73. The van der Waals surface area contributed by atoms with Crippen LogP contribution in [-0.2, 0) is 16.0 Å². The molecule has 178 valence electrons. The van der Waals surface area contributed by atoms with Crippen molar-refractivity contribution in [3.8, 4) is 5.75 Å². The van der Waals surface area contributed by atoms with Gasteiger partial charge in [-0.2, -0.15) is 19.0 Å². The molecule has 0 spiro atoms. The molecule has 0 bridgehead atoms. The second kappa shape index (κ2) is 10.9. The maximum Gasteiger partial charge on any atom is 0.387 e. The lowest BCUT2D eigenvalue weighted by molar-refractivity contribution is -0.126. The smallest absolute Gasteiger partial charge is 0.387 e. The molecule has 4 rings (SSSR count). The van der Waals surface area contributed by atoms with E-state index < -0.39 is 18.6 Å². The van der Waals surface area contributed by atoms with Crippen LogP contribution in [0.1, 0.15) is 23.8 Å². The molecule has 2 aromatic heterocycles. The number of hydrogen-bond acceptors (Lipinski definition) is 8. The average molecular weight is 470 g/mol. The number of rotatable bonds is 9. The first kappa shape index (κ1) is 23.4. The number of nitrogens with zero attached hydrogens (tertiary/aromatic N) is 5. The molecule has 1 N–H and O–H groups in total. The minimum atomic E-state index is -2.96. The van der Waals surface area contributed by atoms with Crippen LogP contribution in [0.25, 0.3) is 0 Å². The van der Waals surface area contributed by atoms with E-state index in [4.69, 9.17) is 4.74 Å². The molecule has 1 aliphatic heterocycles. The summed E-state index contributed by atoms with van der Waals surface area (Å²) in [5.74, 6) is 0.856. The number of ether oxygens (including phenoxy) is 2. The Balaban J connectivity index is 1.35. The van der Waals surface area contributed by atoms with Gasteiger partial charge in [0.25, 0.3) is 5.91 Å². The fraction of sp³-hybridized carbons (Fsp3) is 0.348. The highest BCUT2D eigenvalue weighted by Gasteiger charge is 2.25. The van der Waals surface area contributed by atoms with E-state index in [9.17, 15) is 13.6 Å². The van der Waals surface area contributed by atoms with E-state index in [-0.39, 0.29) is 11.6 Å². The van der Waals surface area contributed by atoms with Gasteiger partial charge in [0.1, 0.15) is 5.75 Å². The zero-order chi connectivity index (χ0) is 23.9. The molecule has 11 heteroatoms. The summed E-state index contributed by atoms with van der Waals surface area (Å²) in [5.41, 5.74) is 1.34. The van der Waals surface area contributed by atoms with Gasteiger partial charge in [-0.25, -0.2) is 0 Å². The van der Waals surface area contributed by atoms with E-state index >= 15 is 0 Å². The molecule has 2 atom stereocenters. The number of hydrogen-bond donors (Lipinski definition) is 1. The molecule has 3 aromatic rings. The summed E-state index contributed by atoms with van der Waals surface area (Å²) in [6.45, 7) is -1.27. The van der Waals surface area contributed by atoms with Crippen molar-refractivity contribution < 1.29 is 23.0 Å². The third kappa shape index (κ3) is 5.98. The predicted octanol–water partition coefficient (Wildman–Crippen LogP) is 3.26. The maximum absolute atomic E-state index is 12.7. The number of anilines is 2. The lowest BCUT2D eigenvalue weighted by Gasteiger charge is -2.18. The lowest BCUT2D eigenvalue weighted by Crippen LogP contribution is -2.24. The van der Waals surface area contributed by atoms with Crippen LogP contribution in [0.2, 0.25) is 0 Å². The molecule has 1 saturated heterocycles. The zero-order valence-corrected chi connectivity index (χ0v) is 18.5. The van der Waals surface area contributed by atoms with E-state index in [1.54, 1.807) is 24.4 Å². The van der Waals surface area contributed by atoms with Crippen molar-refractivity contribution in [2.24, 2.45) is 5.92 Å². The molecule has 1 aromatic carbocycles. The van der Waals surface area contributed by atoms with Gasteiger partial charge >= 0.3 is 6.61 Å². The minimum absolute atomic E-state index is 0.0604. The van der Waals surface area contributed by atoms with Crippen LogP contribution >= 0.6 is 0 Å². The number of halogens is 2. The fourth-order valence-electron chi connectivity index (χ4n) is 3.95. The van der Waals surface area contributed by atoms with Crippen LogP contribution in [0.3, 0.4) is 0 Å². The van der Waals surface area contributed by atoms with Gasteiger partial charge in [0, 0.05) is 26.4 Å². The van der Waals surface area contributed by atoms with Crippen molar-refractivity contribution in [3.05, 3.63) is 66.0 Å². The molecule has 0 aliphatic carbocycles. The van der Waals surface area contributed by atoms with Crippen LogP contribution < -0.4 is 15.0 Å². The summed E-state index contributed by atoms with van der Waals surface area (Å²) < 4.78 is 34.6. The first-order valence-electron chi connectivity index (χ1n) is 10.8. The molecule has 1 amide bonds. The second-order valence-electron chi connectivity index (χ2n) is 7.85. The van der Waals surface area contributed by atoms with E-state index in [1.165, 1.54) is 25.3 Å². The van der Waals surface area contributed by atoms with Crippen molar-refractivity contribution in [2.75, 3.05) is 30.4 Å². The highest BCUT2D eigenvalue weighted by molar-refractivity contribution is 5.94. The van der Waals surface area contributed by atoms with Crippen molar-refractivity contribution in [3.63, 3.8) is 0 Å². The number of benzene rings is 1. The number of aromatic nitrogens is 4. The van der Waals surface area contributed by atoms with Crippen LogP contribution in [0.15, 0.2) is 54.7 Å². The number of methoxy groups -OCH3 is 1. The van der Waals surface area contributed by atoms with Gasteiger partial charge < -0.3 is 19.7 Å². The number of amides is 1. The first-order valence-corrected chi connectivity index (χ1v) is 10.8.